The molecule has 0 unspecified atom stereocenters. The molecule has 0 fully saturated rings. The van der Waals surface area contributed by atoms with Crippen molar-refractivity contribution < 1.29 is 9.47 Å². The van der Waals surface area contributed by atoms with E-state index < -0.39 is 5.41 Å². The van der Waals surface area contributed by atoms with Crippen molar-refractivity contribution >= 4 is 5.69 Å². The second-order valence-electron chi connectivity index (χ2n) is 14.0. The van der Waals surface area contributed by atoms with Crippen molar-refractivity contribution in [2.75, 3.05) is 4.90 Å². The highest BCUT2D eigenvalue weighted by Crippen LogP contribution is 2.65. The first-order valence-corrected chi connectivity index (χ1v) is 18.5. The third kappa shape index (κ3) is 4.55. The molecule has 54 heavy (non-hydrogen) atoms. The number of hydrogen-bond donors (Lipinski definition) is 0. The summed E-state index contributed by atoms with van der Waals surface area (Å²) in [6.45, 7) is 8.28. The highest BCUT2D eigenvalue weighted by atomic mass is 16.6. The molecule has 0 radical (unpaired) electrons. The van der Waals surface area contributed by atoms with Crippen molar-refractivity contribution in [1.29, 1.82) is 0 Å². The number of ether oxygens (including phenoxy) is 2. The van der Waals surface area contributed by atoms with Gasteiger partial charge in [-0.2, -0.15) is 0 Å². The summed E-state index contributed by atoms with van der Waals surface area (Å²) in [4.78, 5) is 2.09. The van der Waals surface area contributed by atoms with E-state index >= 15 is 0 Å². The fourth-order valence-electron chi connectivity index (χ4n) is 8.94. The highest BCUT2D eigenvalue weighted by Gasteiger charge is 2.52. The van der Waals surface area contributed by atoms with Gasteiger partial charge in [-0.15, -0.1) is 0 Å². The van der Waals surface area contributed by atoms with Gasteiger partial charge in [0.2, 0.25) is 0 Å². The largest absolute Gasteiger partial charge is 0.449 e. The minimum Gasteiger partial charge on any atom is -0.449 e. The Morgan fingerprint density at radius 3 is 1.69 bits per heavy atom. The molecule has 1 aliphatic heterocycles. The van der Waals surface area contributed by atoms with Gasteiger partial charge < -0.3 is 14.4 Å². The van der Waals surface area contributed by atoms with Gasteiger partial charge in [-0.05, 0) is 111 Å². The summed E-state index contributed by atoms with van der Waals surface area (Å²) in [5.74, 6) is 2.86. The van der Waals surface area contributed by atoms with Crippen LogP contribution < -0.4 is 14.4 Å². The van der Waals surface area contributed by atoms with Crippen LogP contribution in [0.1, 0.15) is 36.1 Å². The van der Waals surface area contributed by atoms with Crippen LogP contribution in [0.15, 0.2) is 188 Å². The molecular weight excluding hydrogens is 659 g/mol. The van der Waals surface area contributed by atoms with E-state index in [2.05, 4.69) is 157 Å². The van der Waals surface area contributed by atoms with Crippen molar-refractivity contribution in [1.82, 2.24) is 0 Å². The predicted molar refractivity (Wildman–Crippen MR) is 221 cm³/mol. The number of allylic oxidation sites excluding steroid dienone is 3. The van der Waals surface area contributed by atoms with E-state index in [1.165, 1.54) is 44.5 Å². The number of fused-ring (bicyclic) bond motifs is 12. The molecule has 10 rings (SSSR count). The lowest BCUT2D eigenvalue weighted by Crippen LogP contribution is -2.25. The number of para-hydroxylation sites is 1. The molecule has 0 amide bonds. The van der Waals surface area contributed by atoms with Gasteiger partial charge in [0.1, 0.15) is 0 Å². The Morgan fingerprint density at radius 1 is 0.500 bits per heavy atom. The first-order chi connectivity index (χ1) is 26.6. The van der Waals surface area contributed by atoms with Crippen LogP contribution >= 0.6 is 0 Å². The van der Waals surface area contributed by atoms with Crippen LogP contribution in [-0.4, -0.2) is 0 Å². The standard InChI is InChI=1S/C51H37NO2/c1-4-15-33(3)52(30-5-2)35-28-26-34(27-29-35)36-16-6-7-17-37(36)41-21-14-25-47-50(41)54-48-31-42-40-20-10-13-24-45(40)51(46(42)32-49(48)53-47)43-22-11-8-18-38(43)39-19-9-12-23-44(39)51/h4-32H,3H2,1-2H3/b15-4-,30-5+. The maximum absolute atomic E-state index is 6.96. The zero-order valence-electron chi connectivity index (χ0n) is 30.2. The minimum absolute atomic E-state index is 0.447. The van der Waals surface area contributed by atoms with Gasteiger partial charge in [-0.1, -0.05) is 140 Å². The lowest BCUT2D eigenvalue weighted by Gasteiger charge is -2.31. The third-order valence-corrected chi connectivity index (χ3v) is 11.1. The molecule has 2 aliphatic carbocycles. The van der Waals surface area contributed by atoms with Gasteiger partial charge >= 0.3 is 0 Å². The van der Waals surface area contributed by atoms with E-state index in [0.717, 1.165) is 39.4 Å². The van der Waals surface area contributed by atoms with E-state index in [4.69, 9.17) is 9.47 Å². The van der Waals surface area contributed by atoms with Gasteiger partial charge in [0.25, 0.3) is 0 Å². The molecule has 7 aromatic rings. The number of hydrogen-bond acceptors (Lipinski definition) is 3. The topological polar surface area (TPSA) is 21.7 Å². The maximum atomic E-state index is 6.96. The zero-order valence-corrected chi connectivity index (χ0v) is 30.2. The lowest BCUT2D eigenvalue weighted by atomic mass is 9.70. The average Bonchev–Trinajstić information content (AvgIpc) is 3.68. The van der Waals surface area contributed by atoms with E-state index in [0.29, 0.717) is 17.2 Å². The van der Waals surface area contributed by atoms with Gasteiger partial charge in [-0.3, -0.25) is 0 Å². The molecule has 3 aliphatic rings. The molecule has 3 nitrogen and oxygen atoms in total. The Bertz CT molecular complexity index is 2670. The van der Waals surface area contributed by atoms with Crippen LogP contribution in [-0.2, 0) is 5.41 Å². The van der Waals surface area contributed by atoms with Gasteiger partial charge in [0.05, 0.1) is 5.41 Å². The molecule has 1 spiro atoms. The fraction of sp³-hybridized carbons (Fsp3) is 0.0588. The van der Waals surface area contributed by atoms with Crippen molar-refractivity contribution in [2.45, 2.75) is 19.3 Å². The van der Waals surface area contributed by atoms with Crippen molar-refractivity contribution in [3.05, 3.63) is 211 Å². The molecule has 0 saturated carbocycles. The van der Waals surface area contributed by atoms with Crippen LogP contribution in [0.3, 0.4) is 0 Å². The number of nitrogens with zero attached hydrogens (tertiary/aromatic N) is 1. The van der Waals surface area contributed by atoms with E-state index in [9.17, 15) is 0 Å². The molecule has 0 saturated heterocycles. The summed E-state index contributed by atoms with van der Waals surface area (Å²) < 4.78 is 13.8. The molecule has 258 valence electrons. The fourth-order valence-corrected chi connectivity index (χ4v) is 8.94. The predicted octanol–water partition coefficient (Wildman–Crippen LogP) is 13.7. The quantitative estimate of drug-likeness (QED) is 0.162. The van der Waals surface area contributed by atoms with Crippen molar-refractivity contribution in [2.24, 2.45) is 0 Å². The van der Waals surface area contributed by atoms with Crippen LogP contribution in [0.2, 0.25) is 0 Å². The van der Waals surface area contributed by atoms with E-state index in [1.54, 1.807) is 0 Å². The van der Waals surface area contributed by atoms with Gasteiger partial charge in [0, 0.05) is 23.1 Å². The lowest BCUT2D eigenvalue weighted by molar-refractivity contribution is 0.360. The number of anilines is 1. The van der Waals surface area contributed by atoms with Crippen LogP contribution in [0, 0.1) is 0 Å². The summed E-state index contributed by atoms with van der Waals surface area (Å²) in [7, 11) is 0. The number of rotatable bonds is 6. The monoisotopic (exact) mass is 695 g/mol. The van der Waals surface area contributed by atoms with Crippen LogP contribution in [0.5, 0.6) is 23.0 Å². The Balaban J connectivity index is 1.07. The minimum atomic E-state index is -0.447. The Kier molecular flexibility index (Phi) is 7.31. The Hall–Kier alpha value is -6.84. The normalized spacial score (nSPS) is 13.7. The smallest absolute Gasteiger partial charge is 0.177 e. The Labute approximate surface area is 316 Å². The SMILES string of the molecule is C=C(/C=C\C)N(/C=C/C)c1ccc(-c2ccccc2-c2cccc3c2Oc2cc4c(cc2O3)C2(c3ccccc3-c3ccccc32)c2ccccc2-4)cc1. The van der Waals surface area contributed by atoms with E-state index in [-0.39, 0.29) is 0 Å². The summed E-state index contributed by atoms with van der Waals surface area (Å²) in [5.41, 5.74) is 15.8. The molecule has 1 heterocycles. The highest BCUT2D eigenvalue weighted by molar-refractivity contribution is 5.96. The second-order valence-corrected chi connectivity index (χ2v) is 14.0. The maximum Gasteiger partial charge on any atom is 0.177 e. The van der Waals surface area contributed by atoms with Crippen LogP contribution in [0.4, 0.5) is 5.69 Å². The van der Waals surface area contributed by atoms with Crippen molar-refractivity contribution in [3.8, 4) is 67.5 Å². The summed E-state index contributed by atoms with van der Waals surface area (Å²) in [6.07, 6.45) is 8.08. The molecule has 0 N–H and O–H groups in total. The first-order valence-electron chi connectivity index (χ1n) is 18.5. The molecule has 7 aromatic carbocycles. The Morgan fingerprint density at radius 2 is 1.06 bits per heavy atom. The van der Waals surface area contributed by atoms with Crippen LogP contribution in [0.25, 0.3) is 44.5 Å². The summed E-state index contributed by atoms with van der Waals surface area (Å²) in [6, 6.07) is 54.3. The molecule has 0 aromatic heterocycles. The number of benzene rings is 7. The first kappa shape index (κ1) is 31.9. The molecule has 0 bridgehead atoms. The molecule has 0 atom stereocenters. The molecular formula is C51H37NO2. The zero-order chi connectivity index (χ0) is 36.4. The average molecular weight is 696 g/mol. The second kappa shape index (κ2) is 12.4. The van der Waals surface area contributed by atoms with Gasteiger partial charge in [-0.25, -0.2) is 0 Å². The molecule has 3 heteroatoms. The van der Waals surface area contributed by atoms with Gasteiger partial charge in [0.15, 0.2) is 23.0 Å². The summed E-state index contributed by atoms with van der Waals surface area (Å²) >= 11 is 0. The van der Waals surface area contributed by atoms with E-state index in [1.807, 2.05) is 44.3 Å². The summed E-state index contributed by atoms with van der Waals surface area (Å²) in [5, 5.41) is 0. The van der Waals surface area contributed by atoms with Crippen molar-refractivity contribution in [3.63, 3.8) is 0 Å². The third-order valence-electron chi connectivity index (χ3n) is 11.1.